The van der Waals surface area contributed by atoms with E-state index in [0.717, 1.165) is 36.7 Å². The number of halogens is 1. The summed E-state index contributed by atoms with van der Waals surface area (Å²) in [7, 11) is 1.89. The number of benzene rings is 1. The molecular weight excluding hydrogens is 274 g/mol. The summed E-state index contributed by atoms with van der Waals surface area (Å²) in [6.45, 7) is 3.18. The van der Waals surface area contributed by atoms with Crippen molar-refractivity contribution in [3.8, 4) is 5.69 Å². The maximum Gasteiger partial charge on any atom is 0.0913 e. The SMILES string of the molecule is CNc1ccc(Cl)cc1-n1nncc1CN1CCCC1. The molecule has 0 atom stereocenters. The third-order valence-corrected chi connectivity index (χ3v) is 3.90. The number of aromatic nitrogens is 3. The molecule has 2 heterocycles. The van der Waals surface area contributed by atoms with Crippen LogP contribution in [-0.4, -0.2) is 40.0 Å². The second-order valence-corrected chi connectivity index (χ2v) is 5.47. The van der Waals surface area contributed by atoms with Gasteiger partial charge >= 0.3 is 0 Å². The Morgan fingerprint density at radius 3 is 2.85 bits per heavy atom. The first-order valence-corrected chi connectivity index (χ1v) is 7.25. The van der Waals surface area contributed by atoms with E-state index in [0.29, 0.717) is 5.02 Å². The highest BCUT2D eigenvalue weighted by Crippen LogP contribution is 2.25. The molecule has 2 aromatic rings. The van der Waals surface area contributed by atoms with E-state index in [1.54, 1.807) is 0 Å². The Morgan fingerprint density at radius 1 is 1.30 bits per heavy atom. The number of nitrogens with one attached hydrogen (secondary N) is 1. The molecule has 1 aromatic carbocycles. The molecule has 1 aliphatic rings. The highest BCUT2D eigenvalue weighted by atomic mass is 35.5. The van der Waals surface area contributed by atoms with Crippen molar-refractivity contribution < 1.29 is 0 Å². The zero-order valence-electron chi connectivity index (χ0n) is 11.5. The van der Waals surface area contributed by atoms with Crippen LogP contribution in [0.5, 0.6) is 0 Å². The van der Waals surface area contributed by atoms with Gasteiger partial charge in [-0.3, -0.25) is 4.90 Å². The molecule has 6 heteroatoms. The van der Waals surface area contributed by atoms with E-state index in [-0.39, 0.29) is 0 Å². The van der Waals surface area contributed by atoms with Crippen molar-refractivity contribution in [3.05, 3.63) is 35.1 Å². The number of anilines is 1. The number of hydrogen-bond acceptors (Lipinski definition) is 4. The Morgan fingerprint density at radius 2 is 2.10 bits per heavy atom. The van der Waals surface area contributed by atoms with Crippen LogP contribution in [0.2, 0.25) is 5.02 Å². The molecule has 1 saturated heterocycles. The lowest BCUT2D eigenvalue weighted by Gasteiger charge is -2.16. The number of rotatable bonds is 4. The molecule has 0 spiro atoms. The molecule has 1 N–H and O–H groups in total. The van der Waals surface area contributed by atoms with E-state index < -0.39 is 0 Å². The second-order valence-electron chi connectivity index (χ2n) is 5.03. The summed E-state index contributed by atoms with van der Waals surface area (Å²) in [5.74, 6) is 0. The fourth-order valence-corrected chi connectivity index (χ4v) is 2.79. The van der Waals surface area contributed by atoms with Crippen LogP contribution in [0.4, 0.5) is 5.69 Å². The van der Waals surface area contributed by atoms with Crippen molar-refractivity contribution >= 4 is 17.3 Å². The molecule has 0 unspecified atom stereocenters. The van der Waals surface area contributed by atoms with E-state index >= 15 is 0 Å². The quantitative estimate of drug-likeness (QED) is 0.940. The van der Waals surface area contributed by atoms with Gasteiger partial charge in [-0.1, -0.05) is 16.8 Å². The fourth-order valence-electron chi connectivity index (χ4n) is 2.63. The topological polar surface area (TPSA) is 46.0 Å². The van der Waals surface area contributed by atoms with Crippen LogP contribution >= 0.6 is 11.6 Å². The van der Waals surface area contributed by atoms with Crippen LogP contribution in [0.15, 0.2) is 24.4 Å². The normalized spacial score (nSPS) is 15.7. The number of likely N-dealkylation sites (tertiary alicyclic amines) is 1. The molecule has 0 bridgehead atoms. The van der Waals surface area contributed by atoms with E-state index in [1.807, 2.05) is 36.1 Å². The van der Waals surface area contributed by atoms with Gasteiger partial charge in [0.05, 0.1) is 23.3 Å². The standard InChI is InChI=1S/C14H18ClN5/c1-16-13-5-4-11(15)8-14(13)20-12(9-17-18-20)10-19-6-2-3-7-19/h4-5,8-9,16H,2-3,6-7,10H2,1H3. The zero-order valence-corrected chi connectivity index (χ0v) is 12.3. The largest absolute Gasteiger partial charge is 0.386 e. The maximum atomic E-state index is 6.11. The monoisotopic (exact) mass is 291 g/mol. The first kappa shape index (κ1) is 13.4. The highest BCUT2D eigenvalue weighted by molar-refractivity contribution is 6.30. The summed E-state index contributed by atoms with van der Waals surface area (Å²) in [5.41, 5.74) is 3.01. The minimum absolute atomic E-state index is 0.696. The molecular formula is C14H18ClN5. The lowest BCUT2D eigenvalue weighted by molar-refractivity contribution is 0.324. The van der Waals surface area contributed by atoms with Gasteiger partial charge in [0.15, 0.2) is 0 Å². The van der Waals surface area contributed by atoms with Crippen LogP contribution in [0.3, 0.4) is 0 Å². The Hall–Kier alpha value is -1.59. The molecule has 1 aromatic heterocycles. The van der Waals surface area contributed by atoms with Crippen molar-refractivity contribution in [3.63, 3.8) is 0 Å². The van der Waals surface area contributed by atoms with E-state index in [4.69, 9.17) is 11.6 Å². The lowest BCUT2D eigenvalue weighted by Crippen LogP contribution is -2.20. The van der Waals surface area contributed by atoms with Crippen LogP contribution in [-0.2, 0) is 6.54 Å². The summed E-state index contributed by atoms with van der Waals surface area (Å²) in [6, 6.07) is 5.74. The Balaban J connectivity index is 1.94. The van der Waals surface area contributed by atoms with Crippen molar-refractivity contribution in [1.82, 2.24) is 19.9 Å². The van der Waals surface area contributed by atoms with E-state index in [9.17, 15) is 0 Å². The summed E-state index contributed by atoms with van der Waals surface area (Å²) in [6.07, 6.45) is 4.39. The minimum Gasteiger partial charge on any atom is -0.386 e. The Labute approximate surface area is 123 Å². The third-order valence-electron chi connectivity index (χ3n) is 3.66. The van der Waals surface area contributed by atoms with Gasteiger partial charge in [0.25, 0.3) is 0 Å². The molecule has 0 saturated carbocycles. The zero-order chi connectivity index (χ0) is 13.9. The van der Waals surface area contributed by atoms with Crippen LogP contribution in [0.25, 0.3) is 5.69 Å². The fraction of sp³-hybridized carbons (Fsp3) is 0.429. The third kappa shape index (κ3) is 2.64. The summed E-state index contributed by atoms with van der Waals surface area (Å²) < 4.78 is 1.87. The average Bonchev–Trinajstić information content (AvgIpc) is 3.11. The van der Waals surface area contributed by atoms with Gasteiger partial charge in [-0.05, 0) is 44.1 Å². The predicted molar refractivity (Wildman–Crippen MR) is 80.4 cm³/mol. The summed E-state index contributed by atoms with van der Waals surface area (Å²) in [5, 5.41) is 12.1. The van der Waals surface area contributed by atoms with Crippen molar-refractivity contribution in [1.29, 1.82) is 0 Å². The molecule has 0 aliphatic carbocycles. The van der Waals surface area contributed by atoms with Gasteiger partial charge in [0.2, 0.25) is 0 Å². The van der Waals surface area contributed by atoms with Crippen LogP contribution in [0, 0.1) is 0 Å². The molecule has 0 radical (unpaired) electrons. The van der Waals surface area contributed by atoms with E-state index in [1.165, 1.54) is 12.8 Å². The molecule has 5 nitrogen and oxygen atoms in total. The first-order chi connectivity index (χ1) is 9.78. The lowest BCUT2D eigenvalue weighted by atomic mass is 10.2. The molecule has 1 aliphatic heterocycles. The number of nitrogens with zero attached hydrogens (tertiary/aromatic N) is 4. The number of hydrogen-bond donors (Lipinski definition) is 1. The van der Waals surface area contributed by atoms with Crippen LogP contribution < -0.4 is 5.32 Å². The van der Waals surface area contributed by atoms with Gasteiger partial charge in [-0.25, -0.2) is 4.68 Å². The first-order valence-electron chi connectivity index (χ1n) is 6.87. The minimum atomic E-state index is 0.696. The molecule has 3 rings (SSSR count). The molecule has 106 valence electrons. The Bertz CT molecular complexity index is 589. The van der Waals surface area contributed by atoms with Crippen molar-refractivity contribution in [2.75, 3.05) is 25.5 Å². The van der Waals surface area contributed by atoms with Gasteiger partial charge in [0, 0.05) is 18.6 Å². The predicted octanol–water partition coefficient (Wildman–Crippen LogP) is 2.56. The molecule has 1 fully saturated rings. The van der Waals surface area contributed by atoms with Crippen molar-refractivity contribution in [2.24, 2.45) is 0 Å². The Kier molecular flexibility index (Phi) is 3.89. The summed E-state index contributed by atoms with van der Waals surface area (Å²) in [4.78, 5) is 2.43. The van der Waals surface area contributed by atoms with E-state index in [2.05, 4.69) is 20.5 Å². The van der Waals surface area contributed by atoms with Gasteiger partial charge in [0.1, 0.15) is 0 Å². The molecule has 0 amide bonds. The average molecular weight is 292 g/mol. The van der Waals surface area contributed by atoms with Gasteiger partial charge in [-0.15, -0.1) is 5.10 Å². The van der Waals surface area contributed by atoms with Gasteiger partial charge < -0.3 is 5.32 Å². The van der Waals surface area contributed by atoms with Crippen LogP contribution in [0.1, 0.15) is 18.5 Å². The molecule has 20 heavy (non-hydrogen) atoms. The second kappa shape index (κ2) is 5.81. The highest BCUT2D eigenvalue weighted by Gasteiger charge is 2.16. The van der Waals surface area contributed by atoms with Crippen molar-refractivity contribution in [2.45, 2.75) is 19.4 Å². The maximum absolute atomic E-state index is 6.11. The smallest absolute Gasteiger partial charge is 0.0913 e. The van der Waals surface area contributed by atoms with Gasteiger partial charge in [-0.2, -0.15) is 0 Å². The summed E-state index contributed by atoms with van der Waals surface area (Å²) >= 11 is 6.11.